The van der Waals surface area contributed by atoms with Crippen molar-refractivity contribution in [3.05, 3.63) is 67.6 Å². The molecule has 2 aromatic rings. The smallest absolute Gasteiger partial charge is 0.335 e. The first-order valence-corrected chi connectivity index (χ1v) is 10.2. The highest BCUT2D eigenvalue weighted by Crippen LogP contribution is 2.26. The van der Waals surface area contributed by atoms with Crippen LogP contribution < -0.4 is 5.56 Å². The summed E-state index contributed by atoms with van der Waals surface area (Å²) in [7, 11) is 2.07. The summed E-state index contributed by atoms with van der Waals surface area (Å²) < 4.78 is 1.65. The quantitative estimate of drug-likeness (QED) is 0.714. The third-order valence-corrected chi connectivity index (χ3v) is 6.07. The Kier molecular flexibility index (Phi) is 6.81. The molecule has 0 atom stereocenters. The van der Waals surface area contributed by atoms with Gasteiger partial charge in [0, 0.05) is 19.1 Å². The number of hydrogen-bond acceptors (Lipinski definition) is 3. The second-order valence-corrected chi connectivity index (χ2v) is 8.16. The van der Waals surface area contributed by atoms with Gasteiger partial charge < -0.3 is 9.67 Å². The van der Waals surface area contributed by atoms with E-state index in [1.807, 2.05) is 0 Å². The van der Waals surface area contributed by atoms with Crippen LogP contribution in [0.25, 0.3) is 0 Å². The lowest BCUT2D eigenvalue weighted by atomic mass is 10.1. The Hall–Kier alpha value is -1.82. The van der Waals surface area contributed by atoms with Crippen molar-refractivity contribution in [2.75, 3.05) is 7.05 Å². The average Bonchev–Trinajstić information content (AvgIpc) is 3.21. The molecule has 1 aromatic carbocycles. The molecule has 0 aliphatic heterocycles. The Morgan fingerprint density at radius 2 is 1.82 bits per heavy atom. The summed E-state index contributed by atoms with van der Waals surface area (Å²) >= 11 is 12.6. The summed E-state index contributed by atoms with van der Waals surface area (Å²) in [5.41, 5.74) is 1.71. The van der Waals surface area contributed by atoms with Gasteiger partial charge in [0.05, 0.1) is 16.3 Å². The number of aryl methyl sites for hydroxylation is 1. The molecule has 0 saturated heterocycles. The summed E-state index contributed by atoms with van der Waals surface area (Å²) in [6.45, 7) is 1.02. The topological polar surface area (TPSA) is 62.5 Å². The lowest BCUT2D eigenvalue weighted by Gasteiger charge is -2.26. The van der Waals surface area contributed by atoms with E-state index in [2.05, 4.69) is 11.9 Å². The number of rotatable bonds is 7. The summed E-state index contributed by atoms with van der Waals surface area (Å²) in [6.07, 6.45) is 5.39. The molecule has 0 spiro atoms. The molecule has 1 aromatic heterocycles. The molecule has 1 heterocycles. The molecule has 0 unspecified atom stereocenters. The lowest BCUT2D eigenvalue weighted by Crippen LogP contribution is -2.33. The van der Waals surface area contributed by atoms with Gasteiger partial charge in [-0.3, -0.25) is 9.69 Å². The van der Waals surface area contributed by atoms with Gasteiger partial charge in [-0.2, -0.15) is 0 Å². The number of hydrogen-bond donors (Lipinski definition) is 1. The number of carboxylic acid groups (broad SMARTS) is 1. The molecular formula is C21H24Cl2N2O3. The average molecular weight is 423 g/mol. The Morgan fingerprint density at radius 1 is 1.18 bits per heavy atom. The van der Waals surface area contributed by atoms with Gasteiger partial charge >= 0.3 is 5.97 Å². The zero-order chi connectivity index (χ0) is 20.3. The Bertz CT molecular complexity index is 903. The fraction of sp³-hybridized carbons (Fsp3) is 0.429. The molecule has 3 rings (SSSR count). The number of carbonyl (C=O) groups is 1. The third kappa shape index (κ3) is 4.77. The van der Waals surface area contributed by atoms with Gasteiger partial charge in [-0.05, 0) is 50.1 Å². The predicted octanol–water partition coefficient (Wildman–Crippen LogP) is 4.47. The lowest BCUT2D eigenvalue weighted by molar-refractivity contribution is 0.0697. The van der Waals surface area contributed by atoms with Crippen molar-refractivity contribution in [2.45, 2.75) is 51.2 Å². The van der Waals surface area contributed by atoms with Gasteiger partial charge in [0.25, 0.3) is 5.56 Å². The van der Waals surface area contributed by atoms with Crippen LogP contribution in [0.4, 0.5) is 0 Å². The minimum absolute atomic E-state index is 0.110. The molecule has 1 aliphatic carbocycles. The Labute approximate surface area is 174 Å². The second kappa shape index (κ2) is 9.12. The molecule has 7 heteroatoms. The van der Waals surface area contributed by atoms with Crippen LogP contribution in [-0.2, 0) is 19.5 Å². The van der Waals surface area contributed by atoms with Crippen molar-refractivity contribution in [2.24, 2.45) is 0 Å². The van der Waals surface area contributed by atoms with Gasteiger partial charge in [-0.25, -0.2) is 4.79 Å². The molecule has 150 valence electrons. The first-order valence-electron chi connectivity index (χ1n) is 9.47. The summed E-state index contributed by atoms with van der Waals surface area (Å²) in [4.78, 5) is 25.9. The summed E-state index contributed by atoms with van der Waals surface area (Å²) in [6, 6.07) is 8.72. The Balaban J connectivity index is 1.82. The van der Waals surface area contributed by atoms with Crippen LogP contribution >= 0.6 is 23.2 Å². The van der Waals surface area contributed by atoms with Crippen LogP contribution in [0.2, 0.25) is 10.0 Å². The van der Waals surface area contributed by atoms with Gasteiger partial charge in [0.15, 0.2) is 0 Å². The van der Waals surface area contributed by atoms with E-state index >= 15 is 0 Å². The van der Waals surface area contributed by atoms with E-state index in [1.165, 1.54) is 31.7 Å². The van der Waals surface area contributed by atoms with Crippen LogP contribution in [-0.4, -0.2) is 33.6 Å². The number of pyridine rings is 1. The largest absolute Gasteiger partial charge is 0.478 e. The maximum atomic E-state index is 12.7. The number of aromatic nitrogens is 1. The molecule has 1 fully saturated rings. The van der Waals surface area contributed by atoms with Crippen molar-refractivity contribution in [1.82, 2.24) is 9.47 Å². The zero-order valence-corrected chi connectivity index (χ0v) is 17.3. The number of halogens is 2. The van der Waals surface area contributed by atoms with Gasteiger partial charge in [0.1, 0.15) is 5.02 Å². The van der Waals surface area contributed by atoms with Crippen LogP contribution in [0.15, 0.2) is 35.1 Å². The highest BCUT2D eigenvalue weighted by molar-refractivity contribution is 6.34. The van der Waals surface area contributed by atoms with Crippen molar-refractivity contribution >= 4 is 29.2 Å². The SMILES string of the molecule is CN(Cc1c(Cl)cc(Cl)c(=O)n1CCc1ccc(C(=O)O)cc1)C1CCCC1. The zero-order valence-electron chi connectivity index (χ0n) is 15.8. The highest BCUT2D eigenvalue weighted by atomic mass is 35.5. The van der Waals surface area contributed by atoms with Crippen molar-refractivity contribution in [3.63, 3.8) is 0 Å². The van der Waals surface area contributed by atoms with Crippen LogP contribution in [0.3, 0.4) is 0 Å². The molecule has 0 amide bonds. The van der Waals surface area contributed by atoms with E-state index < -0.39 is 5.97 Å². The number of aromatic carboxylic acids is 1. The van der Waals surface area contributed by atoms with E-state index in [0.29, 0.717) is 30.6 Å². The molecule has 1 saturated carbocycles. The number of nitrogens with zero attached hydrogens (tertiary/aromatic N) is 2. The predicted molar refractivity (Wildman–Crippen MR) is 112 cm³/mol. The van der Waals surface area contributed by atoms with Gasteiger partial charge in [0.2, 0.25) is 0 Å². The molecule has 0 radical (unpaired) electrons. The fourth-order valence-electron chi connectivity index (χ4n) is 3.80. The molecular weight excluding hydrogens is 399 g/mol. The summed E-state index contributed by atoms with van der Waals surface area (Å²) in [5.74, 6) is -0.957. The van der Waals surface area contributed by atoms with Crippen molar-refractivity contribution in [3.8, 4) is 0 Å². The standard InChI is InChI=1S/C21H24Cl2N2O3/c1-24(16-4-2-3-5-16)13-19-17(22)12-18(23)20(26)25(19)11-10-14-6-8-15(9-7-14)21(27)28/h6-9,12,16H,2-5,10-11,13H2,1H3,(H,27,28). The molecule has 1 aliphatic rings. The van der Waals surface area contributed by atoms with Crippen LogP contribution in [0.1, 0.15) is 47.3 Å². The molecule has 1 N–H and O–H groups in total. The van der Waals surface area contributed by atoms with Crippen LogP contribution in [0, 0.1) is 0 Å². The van der Waals surface area contributed by atoms with Crippen molar-refractivity contribution in [1.29, 1.82) is 0 Å². The van der Waals surface area contributed by atoms with Gasteiger partial charge in [-0.1, -0.05) is 48.2 Å². The summed E-state index contributed by atoms with van der Waals surface area (Å²) in [5, 5.41) is 9.62. The van der Waals surface area contributed by atoms with Gasteiger partial charge in [-0.15, -0.1) is 0 Å². The minimum atomic E-state index is -0.957. The van der Waals surface area contributed by atoms with E-state index in [0.717, 1.165) is 11.3 Å². The third-order valence-electron chi connectivity index (χ3n) is 5.48. The molecule has 0 bridgehead atoms. The van der Waals surface area contributed by atoms with E-state index in [1.54, 1.807) is 28.8 Å². The van der Waals surface area contributed by atoms with E-state index in [4.69, 9.17) is 28.3 Å². The highest BCUT2D eigenvalue weighted by Gasteiger charge is 2.22. The first-order chi connectivity index (χ1) is 13.4. The second-order valence-electron chi connectivity index (χ2n) is 7.35. The molecule has 5 nitrogen and oxygen atoms in total. The van der Waals surface area contributed by atoms with Crippen LogP contribution in [0.5, 0.6) is 0 Å². The van der Waals surface area contributed by atoms with Crippen molar-refractivity contribution < 1.29 is 9.90 Å². The normalized spacial score (nSPS) is 14.7. The first kappa shape index (κ1) is 20.9. The Morgan fingerprint density at radius 3 is 2.43 bits per heavy atom. The maximum Gasteiger partial charge on any atom is 0.335 e. The van der Waals surface area contributed by atoms with E-state index in [-0.39, 0.29) is 16.1 Å². The minimum Gasteiger partial charge on any atom is -0.478 e. The fourth-order valence-corrected chi connectivity index (χ4v) is 4.34. The monoisotopic (exact) mass is 422 g/mol. The number of carboxylic acids is 1. The van der Waals surface area contributed by atoms with E-state index in [9.17, 15) is 9.59 Å². The molecule has 28 heavy (non-hydrogen) atoms. The maximum absolute atomic E-state index is 12.7. The number of benzene rings is 1.